The van der Waals surface area contributed by atoms with E-state index in [0.29, 0.717) is 18.8 Å². The van der Waals surface area contributed by atoms with Gasteiger partial charge in [0.15, 0.2) is 0 Å². The van der Waals surface area contributed by atoms with Gasteiger partial charge in [-0.25, -0.2) is 0 Å². The molecular formula is C25H38N2O3. The molecule has 1 aromatic carbocycles. The van der Waals surface area contributed by atoms with E-state index in [1.54, 1.807) is 7.11 Å². The molecule has 1 heterocycles. The highest BCUT2D eigenvalue weighted by atomic mass is 16.5. The van der Waals surface area contributed by atoms with Gasteiger partial charge < -0.3 is 20.3 Å². The van der Waals surface area contributed by atoms with Crippen LogP contribution in [0.3, 0.4) is 0 Å². The summed E-state index contributed by atoms with van der Waals surface area (Å²) in [5.41, 5.74) is 1.32. The molecule has 3 aliphatic carbocycles. The third kappa shape index (κ3) is 3.21. The van der Waals surface area contributed by atoms with Gasteiger partial charge in [-0.1, -0.05) is 19.9 Å². The molecule has 0 spiro atoms. The van der Waals surface area contributed by atoms with Gasteiger partial charge in [0.25, 0.3) is 0 Å². The molecule has 0 aromatic heterocycles. The number of rotatable bonds is 6. The summed E-state index contributed by atoms with van der Waals surface area (Å²) < 4.78 is 5.56. The number of fused-ring (bicyclic) bond motifs is 1. The highest BCUT2D eigenvalue weighted by molar-refractivity contribution is 5.49. The van der Waals surface area contributed by atoms with Crippen LogP contribution in [0.25, 0.3) is 0 Å². The molecule has 4 aliphatic rings. The number of piperidine rings is 1. The Hall–Kier alpha value is -1.14. The van der Waals surface area contributed by atoms with Crippen LogP contribution in [0.1, 0.15) is 57.1 Å². The van der Waals surface area contributed by atoms with E-state index in [-0.39, 0.29) is 12.1 Å². The van der Waals surface area contributed by atoms with E-state index in [1.165, 1.54) is 24.0 Å². The average Bonchev–Trinajstić information content (AvgIpc) is 3.53. The van der Waals surface area contributed by atoms with Crippen molar-refractivity contribution in [2.24, 2.45) is 11.8 Å². The summed E-state index contributed by atoms with van der Waals surface area (Å²) >= 11 is 0. The molecule has 0 amide bonds. The van der Waals surface area contributed by atoms with Crippen molar-refractivity contribution < 1.29 is 14.9 Å². The Kier molecular flexibility index (Phi) is 5.17. The first kappa shape index (κ1) is 20.7. The zero-order valence-corrected chi connectivity index (χ0v) is 18.7. The minimum atomic E-state index is -0.826. The van der Waals surface area contributed by atoms with Crippen LogP contribution in [-0.2, 0) is 11.8 Å². The van der Waals surface area contributed by atoms with Gasteiger partial charge in [0.2, 0.25) is 0 Å². The van der Waals surface area contributed by atoms with Crippen molar-refractivity contribution in [3.63, 3.8) is 0 Å². The maximum Gasteiger partial charge on any atom is 0.119 e. The Balaban J connectivity index is 1.55. The Morgan fingerprint density at radius 1 is 1.27 bits per heavy atom. The van der Waals surface area contributed by atoms with Crippen LogP contribution < -0.4 is 10.1 Å². The summed E-state index contributed by atoms with van der Waals surface area (Å²) in [7, 11) is 1.71. The molecule has 5 rings (SSSR count). The van der Waals surface area contributed by atoms with E-state index in [2.05, 4.69) is 36.2 Å². The van der Waals surface area contributed by atoms with Gasteiger partial charge in [0.1, 0.15) is 5.75 Å². The Bertz CT molecular complexity index is 795. The van der Waals surface area contributed by atoms with Crippen molar-refractivity contribution >= 4 is 0 Å². The number of nitrogens with one attached hydrogen (secondary N) is 1. The maximum atomic E-state index is 12.5. The van der Waals surface area contributed by atoms with Gasteiger partial charge in [-0.3, -0.25) is 4.90 Å². The molecule has 166 valence electrons. The van der Waals surface area contributed by atoms with Gasteiger partial charge in [-0.05, 0) is 86.7 Å². The monoisotopic (exact) mass is 414 g/mol. The second-order valence-electron chi connectivity index (χ2n) is 10.8. The van der Waals surface area contributed by atoms with E-state index in [4.69, 9.17) is 4.74 Å². The number of hydrogen-bond acceptors (Lipinski definition) is 5. The van der Waals surface area contributed by atoms with Crippen molar-refractivity contribution in [3.8, 4) is 5.75 Å². The number of nitrogens with zero attached hydrogens (tertiary/aromatic N) is 1. The third-order valence-corrected chi connectivity index (χ3v) is 8.42. The van der Waals surface area contributed by atoms with Crippen LogP contribution in [0.4, 0.5) is 0 Å². The molecule has 5 heteroatoms. The largest absolute Gasteiger partial charge is 0.497 e. The van der Waals surface area contributed by atoms with Crippen molar-refractivity contribution in [2.45, 2.75) is 81.6 Å². The minimum Gasteiger partial charge on any atom is -0.497 e. The van der Waals surface area contributed by atoms with E-state index in [1.807, 2.05) is 6.07 Å². The summed E-state index contributed by atoms with van der Waals surface area (Å²) in [4.78, 5) is 2.58. The predicted octanol–water partition coefficient (Wildman–Crippen LogP) is 2.47. The fourth-order valence-electron chi connectivity index (χ4n) is 6.64. The molecule has 2 bridgehead atoms. The number of likely N-dealkylation sites (tertiary alicyclic amines) is 1. The molecule has 1 aliphatic heterocycles. The summed E-state index contributed by atoms with van der Waals surface area (Å²) in [5.74, 6) is 2.17. The van der Waals surface area contributed by atoms with Crippen LogP contribution in [0.2, 0.25) is 0 Å². The van der Waals surface area contributed by atoms with Crippen molar-refractivity contribution in [3.05, 3.63) is 29.3 Å². The van der Waals surface area contributed by atoms with Crippen LogP contribution >= 0.6 is 0 Å². The standard InChI is InChI=1S/C25H38N2O3/c1-16(2)14-26-21-12-25(29)23-10-18-6-7-19(30-3)11-20(18)24(25,13-22(21)28)8-9-27(23)15-17-4-5-17/h6-7,11,16-17,21-23,26,28-29H,4-5,8-10,12-15H2,1-3H3/t21-,22?,23-,24-,25-/m1/s1. The predicted molar refractivity (Wildman–Crippen MR) is 118 cm³/mol. The number of methoxy groups -OCH3 is 1. The number of hydrogen-bond donors (Lipinski definition) is 3. The quantitative estimate of drug-likeness (QED) is 0.667. The van der Waals surface area contributed by atoms with Gasteiger partial charge in [-0.15, -0.1) is 0 Å². The summed E-state index contributed by atoms with van der Waals surface area (Å²) in [6.07, 6.45) is 5.24. The average molecular weight is 415 g/mol. The van der Waals surface area contributed by atoms with Crippen molar-refractivity contribution in [2.75, 3.05) is 26.7 Å². The first-order chi connectivity index (χ1) is 14.4. The van der Waals surface area contributed by atoms with E-state index < -0.39 is 17.1 Å². The normalized spacial score (nSPS) is 38.3. The first-order valence-corrected chi connectivity index (χ1v) is 11.9. The van der Waals surface area contributed by atoms with Crippen LogP contribution in [0.5, 0.6) is 5.75 Å². The third-order valence-electron chi connectivity index (χ3n) is 8.42. The highest BCUT2D eigenvalue weighted by Crippen LogP contribution is 2.59. The Morgan fingerprint density at radius 3 is 2.77 bits per heavy atom. The lowest BCUT2D eigenvalue weighted by atomic mass is 9.48. The van der Waals surface area contributed by atoms with Gasteiger partial charge in [-0.2, -0.15) is 0 Å². The molecule has 1 aromatic rings. The molecule has 30 heavy (non-hydrogen) atoms. The van der Waals surface area contributed by atoms with Gasteiger partial charge >= 0.3 is 0 Å². The molecule has 2 saturated carbocycles. The molecule has 5 atom stereocenters. The van der Waals surface area contributed by atoms with Crippen molar-refractivity contribution in [1.29, 1.82) is 0 Å². The molecule has 1 saturated heterocycles. The second kappa shape index (κ2) is 7.47. The van der Waals surface area contributed by atoms with Crippen LogP contribution in [0.15, 0.2) is 18.2 Å². The van der Waals surface area contributed by atoms with E-state index in [9.17, 15) is 10.2 Å². The second-order valence-corrected chi connectivity index (χ2v) is 10.8. The SMILES string of the molecule is COc1ccc2c(c1)[C@]13CCN(CC4CC4)[C@H](C2)[C@]1(O)C[C@@H](NCC(C)C)C(O)C3. The lowest BCUT2D eigenvalue weighted by Crippen LogP contribution is -2.76. The minimum absolute atomic E-state index is 0.0546. The van der Waals surface area contributed by atoms with Crippen molar-refractivity contribution in [1.82, 2.24) is 10.2 Å². The molecule has 3 N–H and O–H groups in total. The van der Waals surface area contributed by atoms with Crippen LogP contribution in [0, 0.1) is 11.8 Å². The highest BCUT2D eigenvalue weighted by Gasteiger charge is 2.66. The number of aliphatic hydroxyl groups is 2. The van der Waals surface area contributed by atoms with E-state index in [0.717, 1.165) is 44.1 Å². The summed E-state index contributed by atoms with van der Waals surface area (Å²) in [6, 6.07) is 6.46. The number of aliphatic hydroxyl groups excluding tert-OH is 1. The topological polar surface area (TPSA) is 65.0 Å². The molecule has 3 fully saturated rings. The first-order valence-electron chi connectivity index (χ1n) is 11.9. The fourth-order valence-corrected chi connectivity index (χ4v) is 6.64. The molecule has 0 radical (unpaired) electrons. The smallest absolute Gasteiger partial charge is 0.119 e. The zero-order chi connectivity index (χ0) is 21.1. The lowest BCUT2D eigenvalue weighted by Gasteiger charge is -2.65. The Labute approximate surface area is 180 Å². The fraction of sp³-hybridized carbons (Fsp3) is 0.760. The lowest BCUT2D eigenvalue weighted by molar-refractivity contribution is -0.190. The van der Waals surface area contributed by atoms with Crippen LogP contribution in [-0.4, -0.2) is 65.6 Å². The van der Waals surface area contributed by atoms with Gasteiger partial charge in [0.05, 0.1) is 18.8 Å². The van der Waals surface area contributed by atoms with E-state index >= 15 is 0 Å². The number of ether oxygens (including phenoxy) is 1. The molecular weight excluding hydrogens is 376 g/mol. The molecule has 5 nitrogen and oxygen atoms in total. The summed E-state index contributed by atoms with van der Waals surface area (Å²) in [6.45, 7) is 7.37. The number of benzene rings is 1. The van der Waals surface area contributed by atoms with Gasteiger partial charge in [0, 0.05) is 24.0 Å². The zero-order valence-electron chi connectivity index (χ0n) is 18.7. The molecule has 1 unspecified atom stereocenters. The maximum absolute atomic E-state index is 12.5. The Morgan fingerprint density at radius 2 is 2.07 bits per heavy atom. The summed E-state index contributed by atoms with van der Waals surface area (Å²) in [5, 5.41) is 27.3.